The number of methoxy groups -OCH3 is 1. The molecule has 9 heteroatoms. The van der Waals surface area contributed by atoms with E-state index in [1.165, 1.54) is 19.2 Å². The molecule has 0 saturated heterocycles. The van der Waals surface area contributed by atoms with Gasteiger partial charge in [0.1, 0.15) is 5.76 Å². The number of hydrogen-bond acceptors (Lipinski definition) is 7. The molecule has 0 aliphatic heterocycles. The molecule has 1 amide bonds. The molecular weight excluding hydrogens is 396 g/mol. The Kier molecular flexibility index (Phi) is 6.40. The van der Waals surface area contributed by atoms with Crippen LogP contribution in [-0.4, -0.2) is 37.4 Å². The fourth-order valence-electron chi connectivity index (χ4n) is 1.94. The van der Waals surface area contributed by atoms with Crippen molar-refractivity contribution in [2.45, 2.75) is 13.8 Å². The third kappa shape index (κ3) is 4.96. The molecule has 0 aliphatic carbocycles. The summed E-state index contributed by atoms with van der Waals surface area (Å²) in [6.07, 6.45) is 0. The average Bonchev–Trinajstić information content (AvgIpc) is 2.99. The third-order valence-corrected chi connectivity index (χ3v) is 3.57. The lowest BCUT2D eigenvalue weighted by atomic mass is 10.2. The molecule has 0 saturated carbocycles. The van der Waals surface area contributed by atoms with Gasteiger partial charge in [-0.25, -0.2) is 4.79 Å². The number of anilines is 1. The van der Waals surface area contributed by atoms with Gasteiger partial charge in [-0.2, -0.15) is 0 Å². The summed E-state index contributed by atoms with van der Waals surface area (Å²) in [7, 11) is 1.47. The molecule has 1 N–H and O–H groups in total. The van der Waals surface area contributed by atoms with Gasteiger partial charge in [-0.15, -0.1) is 0 Å². The van der Waals surface area contributed by atoms with Gasteiger partial charge in [0.05, 0.1) is 23.8 Å². The van der Waals surface area contributed by atoms with E-state index in [9.17, 15) is 9.59 Å². The molecule has 0 fully saturated rings. The van der Waals surface area contributed by atoms with Crippen LogP contribution in [0.25, 0.3) is 0 Å². The van der Waals surface area contributed by atoms with Crippen molar-refractivity contribution in [1.82, 2.24) is 5.16 Å². The highest BCUT2D eigenvalue weighted by atomic mass is 79.9. The molecule has 8 nitrogen and oxygen atoms in total. The van der Waals surface area contributed by atoms with Crippen molar-refractivity contribution in [3.63, 3.8) is 0 Å². The highest BCUT2D eigenvalue weighted by molar-refractivity contribution is 9.10. The van der Waals surface area contributed by atoms with Crippen LogP contribution in [0, 0.1) is 6.92 Å². The topological polar surface area (TPSA) is 99.9 Å². The van der Waals surface area contributed by atoms with Crippen molar-refractivity contribution in [3.05, 3.63) is 34.0 Å². The van der Waals surface area contributed by atoms with E-state index in [0.29, 0.717) is 28.3 Å². The van der Waals surface area contributed by atoms with Crippen LogP contribution in [0.5, 0.6) is 11.5 Å². The number of carbonyl (C=O) groups is 2. The molecule has 2 aromatic rings. The van der Waals surface area contributed by atoms with E-state index in [0.717, 1.165) is 0 Å². The van der Waals surface area contributed by atoms with Crippen molar-refractivity contribution < 1.29 is 28.3 Å². The summed E-state index contributed by atoms with van der Waals surface area (Å²) >= 11 is 3.32. The minimum absolute atomic E-state index is 0.220. The number of benzene rings is 1. The lowest BCUT2D eigenvalue weighted by Crippen LogP contribution is -2.21. The fourth-order valence-corrected chi connectivity index (χ4v) is 2.50. The number of ether oxygens (including phenoxy) is 3. The van der Waals surface area contributed by atoms with Crippen molar-refractivity contribution in [3.8, 4) is 11.5 Å². The molecule has 1 aromatic carbocycles. The molecule has 1 aromatic heterocycles. The van der Waals surface area contributed by atoms with E-state index in [1.54, 1.807) is 13.0 Å². The molecule has 0 atom stereocenters. The Hall–Kier alpha value is -2.55. The summed E-state index contributed by atoms with van der Waals surface area (Å²) in [6.45, 7) is 3.52. The predicted octanol–water partition coefficient (Wildman–Crippen LogP) is 2.95. The molecule has 134 valence electrons. The number of nitrogens with zero attached hydrogens (tertiary/aromatic N) is 1. The number of aromatic nitrogens is 1. The van der Waals surface area contributed by atoms with Crippen molar-refractivity contribution in [1.29, 1.82) is 0 Å². The first-order chi connectivity index (χ1) is 11.9. The quantitative estimate of drug-likeness (QED) is 0.697. The largest absolute Gasteiger partial charge is 0.493 e. The van der Waals surface area contributed by atoms with E-state index in [2.05, 4.69) is 26.4 Å². The summed E-state index contributed by atoms with van der Waals surface area (Å²) < 4.78 is 21.0. The molecule has 0 unspecified atom stereocenters. The van der Waals surface area contributed by atoms with Crippen LogP contribution in [0.2, 0.25) is 0 Å². The van der Waals surface area contributed by atoms with Crippen LogP contribution < -0.4 is 14.8 Å². The molecular formula is C16H17BrN2O6. The maximum Gasteiger partial charge on any atom is 0.338 e. The van der Waals surface area contributed by atoms with Gasteiger partial charge in [-0.3, -0.25) is 4.79 Å². The summed E-state index contributed by atoms with van der Waals surface area (Å²) in [6, 6.07) is 4.57. The second kappa shape index (κ2) is 8.52. The van der Waals surface area contributed by atoms with Gasteiger partial charge in [0.25, 0.3) is 5.91 Å². The maximum atomic E-state index is 12.1. The number of halogens is 1. The summed E-state index contributed by atoms with van der Waals surface area (Å²) in [5.74, 6) is 0.473. The lowest BCUT2D eigenvalue weighted by Gasteiger charge is -2.13. The molecule has 0 spiro atoms. The van der Waals surface area contributed by atoms with E-state index in [4.69, 9.17) is 18.7 Å². The summed E-state index contributed by atoms with van der Waals surface area (Å²) in [5, 5.41) is 6.07. The number of amides is 1. The second-order valence-electron chi connectivity index (χ2n) is 4.87. The Bertz CT molecular complexity index is 774. The SMILES string of the molecule is CCOc1c(Br)cc(C(=O)OCC(=O)Nc2cc(C)on2)cc1OC. The molecule has 1 heterocycles. The third-order valence-electron chi connectivity index (χ3n) is 2.98. The number of carbonyl (C=O) groups excluding carboxylic acids is 2. The van der Waals surface area contributed by atoms with Gasteiger partial charge in [0, 0.05) is 6.07 Å². The first-order valence-electron chi connectivity index (χ1n) is 7.35. The molecule has 0 bridgehead atoms. The Morgan fingerprint density at radius 1 is 1.32 bits per heavy atom. The van der Waals surface area contributed by atoms with Crippen LogP contribution in [-0.2, 0) is 9.53 Å². The van der Waals surface area contributed by atoms with Gasteiger partial charge in [-0.1, -0.05) is 5.16 Å². The molecule has 0 aliphatic rings. The second-order valence-corrected chi connectivity index (χ2v) is 5.72. The van der Waals surface area contributed by atoms with Crippen LogP contribution in [0.4, 0.5) is 5.82 Å². The molecule has 0 radical (unpaired) electrons. The Labute approximate surface area is 152 Å². The standard InChI is InChI=1S/C16H17BrN2O6/c1-4-23-15-11(17)6-10(7-12(15)22-3)16(21)24-8-14(20)18-13-5-9(2)25-19-13/h5-7H,4,8H2,1-3H3,(H,18,19,20). The zero-order valence-electron chi connectivity index (χ0n) is 13.9. The van der Waals surface area contributed by atoms with E-state index in [-0.39, 0.29) is 11.4 Å². The minimum Gasteiger partial charge on any atom is -0.493 e. The van der Waals surface area contributed by atoms with Crippen molar-refractivity contribution in [2.75, 3.05) is 25.6 Å². The predicted molar refractivity (Wildman–Crippen MR) is 92.0 cm³/mol. The fraction of sp³-hybridized carbons (Fsp3) is 0.312. The zero-order chi connectivity index (χ0) is 18.4. The van der Waals surface area contributed by atoms with E-state index >= 15 is 0 Å². The summed E-state index contributed by atoms with van der Waals surface area (Å²) in [4.78, 5) is 23.9. The van der Waals surface area contributed by atoms with Crippen molar-refractivity contribution in [2.24, 2.45) is 0 Å². The van der Waals surface area contributed by atoms with Gasteiger partial charge >= 0.3 is 5.97 Å². The van der Waals surface area contributed by atoms with Gasteiger partial charge in [0.15, 0.2) is 23.9 Å². The number of esters is 1. The minimum atomic E-state index is -0.673. The zero-order valence-corrected chi connectivity index (χ0v) is 15.5. The first-order valence-corrected chi connectivity index (χ1v) is 8.14. The van der Waals surface area contributed by atoms with E-state index < -0.39 is 18.5 Å². The van der Waals surface area contributed by atoms with Gasteiger partial charge in [0.2, 0.25) is 0 Å². The Morgan fingerprint density at radius 2 is 2.08 bits per heavy atom. The number of aryl methyl sites for hydroxylation is 1. The van der Waals surface area contributed by atoms with Gasteiger partial charge < -0.3 is 24.1 Å². The summed E-state index contributed by atoms with van der Waals surface area (Å²) in [5.41, 5.74) is 0.220. The van der Waals surface area contributed by atoms with Gasteiger partial charge in [-0.05, 0) is 41.9 Å². The monoisotopic (exact) mass is 412 g/mol. The Balaban J connectivity index is 2.00. The first kappa shape index (κ1) is 18.8. The average molecular weight is 413 g/mol. The lowest BCUT2D eigenvalue weighted by molar-refractivity contribution is -0.119. The van der Waals surface area contributed by atoms with E-state index in [1.807, 2.05) is 6.92 Å². The van der Waals surface area contributed by atoms with Crippen LogP contribution in [0.15, 0.2) is 27.2 Å². The number of hydrogen-bond donors (Lipinski definition) is 1. The van der Waals surface area contributed by atoms with Crippen LogP contribution in [0.1, 0.15) is 23.0 Å². The smallest absolute Gasteiger partial charge is 0.338 e. The number of rotatable bonds is 7. The normalized spacial score (nSPS) is 10.2. The molecule has 2 rings (SSSR count). The highest BCUT2D eigenvalue weighted by Crippen LogP contribution is 2.36. The molecule has 25 heavy (non-hydrogen) atoms. The number of nitrogens with one attached hydrogen (secondary N) is 1. The Morgan fingerprint density at radius 3 is 2.68 bits per heavy atom. The van der Waals surface area contributed by atoms with Crippen molar-refractivity contribution >= 4 is 33.6 Å². The maximum absolute atomic E-state index is 12.1. The van der Waals surface area contributed by atoms with Crippen LogP contribution >= 0.6 is 15.9 Å². The van der Waals surface area contributed by atoms with Crippen LogP contribution in [0.3, 0.4) is 0 Å². The highest BCUT2D eigenvalue weighted by Gasteiger charge is 2.17.